The van der Waals surface area contributed by atoms with Gasteiger partial charge in [-0.15, -0.1) is 0 Å². The van der Waals surface area contributed by atoms with Crippen molar-refractivity contribution < 1.29 is 9.21 Å². The molecule has 7 nitrogen and oxygen atoms in total. The van der Waals surface area contributed by atoms with Crippen molar-refractivity contribution >= 4 is 6.03 Å². The summed E-state index contributed by atoms with van der Waals surface area (Å²) in [6.45, 7) is 5.17. The minimum atomic E-state index is -0.0365. The highest BCUT2D eigenvalue weighted by Gasteiger charge is 2.28. The summed E-state index contributed by atoms with van der Waals surface area (Å²) in [7, 11) is 2.12. The fourth-order valence-corrected chi connectivity index (χ4v) is 3.27. The van der Waals surface area contributed by atoms with Gasteiger partial charge in [-0.3, -0.25) is 4.68 Å². The van der Waals surface area contributed by atoms with E-state index in [9.17, 15) is 4.79 Å². The number of rotatable bonds is 6. The van der Waals surface area contributed by atoms with Crippen molar-refractivity contribution in [3.8, 4) is 0 Å². The molecule has 25 heavy (non-hydrogen) atoms. The molecule has 2 aromatic rings. The van der Waals surface area contributed by atoms with Crippen LogP contribution in [0, 0.1) is 0 Å². The molecule has 1 aliphatic rings. The van der Waals surface area contributed by atoms with E-state index < -0.39 is 0 Å². The van der Waals surface area contributed by atoms with E-state index in [1.165, 1.54) is 0 Å². The zero-order valence-corrected chi connectivity index (χ0v) is 15.0. The summed E-state index contributed by atoms with van der Waals surface area (Å²) in [5.74, 6) is 0.814. The highest BCUT2D eigenvalue weighted by Crippen LogP contribution is 2.19. The zero-order valence-electron chi connectivity index (χ0n) is 15.0. The van der Waals surface area contributed by atoms with E-state index in [0.717, 1.165) is 31.7 Å². The number of hydrogen-bond acceptors (Lipinski definition) is 4. The number of nitrogens with one attached hydrogen (secondary N) is 1. The van der Waals surface area contributed by atoms with Crippen molar-refractivity contribution in [1.29, 1.82) is 0 Å². The third-order valence-electron chi connectivity index (χ3n) is 4.69. The van der Waals surface area contributed by atoms with Gasteiger partial charge in [0.05, 0.1) is 19.4 Å². The SMILES string of the molecule is C[C@@H](Cn1cccn1)NC(=O)N(Cc1ccco1)C1CCN(C)CC1. The van der Waals surface area contributed by atoms with Gasteiger partial charge in [-0.2, -0.15) is 5.10 Å². The average Bonchev–Trinajstić information content (AvgIpc) is 3.27. The molecule has 1 atom stereocenters. The van der Waals surface area contributed by atoms with Gasteiger partial charge in [-0.1, -0.05) is 0 Å². The van der Waals surface area contributed by atoms with E-state index in [2.05, 4.69) is 22.4 Å². The van der Waals surface area contributed by atoms with Crippen LogP contribution in [0.1, 0.15) is 25.5 Å². The van der Waals surface area contributed by atoms with Crippen molar-refractivity contribution in [3.63, 3.8) is 0 Å². The maximum atomic E-state index is 12.9. The zero-order chi connectivity index (χ0) is 17.6. The molecule has 3 heterocycles. The molecule has 2 aromatic heterocycles. The number of aromatic nitrogens is 2. The Bertz CT molecular complexity index is 632. The number of carbonyl (C=O) groups is 1. The fraction of sp³-hybridized carbons (Fsp3) is 0.556. The Morgan fingerprint density at radius 1 is 1.44 bits per heavy atom. The van der Waals surface area contributed by atoms with Gasteiger partial charge in [-0.25, -0.2) is 4.79 Å². The molecule has 1 N–H and O–H groups in total. The van der Waals surface area contributed by atoms with Crippen molar-refractivity contribution in [3.05, 3.63) is 42.6 Å². The standard InChI is InChI=1S/C18H27N5O2/c1-15(13-22-9-4-8-19-22)20-18(24)23(14-17-5-3-12-25-17)16-6-10-21(2)11-7-16/h3-5,8-9,12,15-16H,6-7,10-11,13-14H2,1-2H3,(H,20,24)/t15-/m0/s1. The Morgan fingerprint density at radius 2 is 2.24 bits per heavy atom. The minimum absolute atomic E-state index is 0.00207. The predicted molar refractivity (Wildman–Crippen MR) is 95.0 cm³/mol. The maximum Gasteiger partial charge on any atom is 0.318 e. The molecular weight excluding hydrogens is 318 g/mol. The number of urea groups is 1. The number of likely N-dealkylation sites (tertiary alicyclic amines) is 1. The van der Waals surface area contributed by atoms with Crippen LogP contribution in [0.4, 0.5) is 4.79 Å². The summed E-state index contributed by atoms with van der Waals surface area (Å²) in [6.07, 6.45) is 7.27. The summed E-state index contributed by atoms with van der Waals surface area (Å²) in [5.41, 5.74) is 0. The second-order valence-corrected chi connectivity index (χ2v) is 6.82. The number of hydrogen-bond donors (Lipinski definition) is 1. The van der Waals surface area contributed by atoms with Gasteiger partial charge in [0.25, 0.3) is 0 Å². The highest BCUT2D eigenvalue weighted by atomic mass is 16.3. The van der Waals surface area contributed by atoms with Gasteiger partial charge >= 0.3 is 6.03 Å². The first-order chi connectivity index (χ1) is 12.1. The van der Waals surface area contributed by atoms with Gasteiger partial charge in [0.15, 0.2) is 0 Å². The molecule has 0 saturated carbocycles. The van der Waals surface area contributed by atoms with Crippen LogP contribution < -0.4 is 5.32 Å². The minimum Gasteiger partial charge on any atom is -0.467 e. The molecule has 1 aliphatic heterocycles. The monoisotopic (exact) mass is 345 g/mol. The van der Waals surface area contributed by atoms with Crippen LogP contribution in [0.2, 0.25) is 0 Å². The van der Waals surface area contributed by atoms with Gasteiger partial charge in [0.1, 0.15) is 5.76 Å². The number of amides is 2. The van der Waals surface area contributed by atoms with Crippen LogP contribution in [-0.4, -0.2) is 57.8 Å². The number of carbonyl (C=O) groups excluding carboxylic acids is 1. The van der Waals surface area contributed by atoms with Crippen LogP contribution >= 0.6 is 0 Å². The molecule has 0 unspecified atom stereocenters. The summed E-state index contributed by atoms with van der Waals surface area (Å²) < 4.78 is 7.30. The Balaban J connectivity index is 1.63. The molecule has 2 amide bonds. The Hall–Kier alpha value is -2.28. The van der Waals surface area contributed by atoms with Gasteiger partial charge < -0.3 is 19.5 Å². The van der Waals surface area contributed by atoms with Crippen LogP contribution in [-0.2, 0) is 13.1 Å². The molecule has 0 bridgehead atoms. The molecule has 136 valence electrons. The molecule has 0 aliphatic carbocycles. The number of piperidine rings is 1. The van der Waals surface area contributed by atoms with Crippen molar-refractivity contribution in [2.24, 2.45) is 0 Å². The number of nitrogens with zero attached hydrogens (tertiary/aromatic N) is 4. The molecular formula is C18H27N5O2. The summed E-state index contributed by atoms with van der Waals surface area (Å²) in [5, 5.41) is 7.31. The van der Waals surface area contributed by atoms with Crippen molar-refractivity contribution in [2.75, 3.05) is 20.1 Å². The smallest absolute Gasteiger partial charge is 0.318 e. The lowest BCUT2D eigenvalue weighted by atomic mass is 10.0. The molecule has 3 rings (SSSR count). The van der Waals surface area contributed by atoms with Crippen molar-refractivity contribution in [2.45, 2.75) is 44.9 Å². The second kappa shape index (κ2) is 8.20. The largest absolute Gasteiger partial charge is 0.467 e. The fourth-order valence-electron chi connectivity index (χ4n) is 3.27. The van der Waals surface area contributed by atoms with Gasteiger partial charge in [0.2, 0.25) is 0 Å². The van der Waals surface area contributed by atoms with Crippen LogP contribution in [0.3, 0.4) is 0 Å². The molecule has 1 saturated heterocycles. The van der Waals surface area contributed by atoms with Crippen LogP contribution in [0.5, 0.6) is 0 Å². The van der Waals surface area contributed by atoms with E-state index in [-0.39, 0.29) is 18.1 Å². The second-order valence-electron chi connectivity index (χ2n) is 6.82. The molecule has 0 spiro atoms. The van der Waals surface area contributed by atoms with Crippen LogP contribution in [0.15, 0.2) is 41.3 Å². The van der Waals surface area contributed by atoms with E-state index in [4.69, 9.17) is 4.42 Å². The van der Waals surface area contributed by atoms with Crippen LogP contribution in [0.25, 0.3) is 0 Å². The molecule has 0 aromatic carbocycles. The normalized spacial score (nSPS) is 17.4. The first-order valence-electron chi connectivity index (χ1n) is 8.87. The maximum absolute atomic E-state index is 12.9. The molecule has 0 radical (unpaired) electrons. The third kappa shape index (κ3) is 4.85. The third-order valence-corrected chi connectivity index (χ3v) is 4.69. The highest BCUT2D eigenvalue weighted by molar-refractivity contribution is 5.74. The first kappa shape index (κ1) is 17.5. The molecule has 7 heteroatoms. The Kier molecular flexibility index (Phi) is 5.75. The lowest BCUT2D eigenvalue weighted by molar-refractivity contribution is 0.120. The Morgan fingerprint density at radius 3 is 2.88 bits per heavy atom. The van der Waals surface area contributed by atoms with Crippen molar-refractivity contribution in [1.82, 2.24) is 24.9 Å². The van der Waals surface area contributed by atoms with E-state index in [0.29, 0.717) is 13.1 Å². The summed E-state index contributed by atoms with van der Waals surface area (Å²) >= 11 is 0. The summed E-state index contributed by atoms with van der Waals surface area (Å²) in [4.78, 5) is 17.1. The lowest BCUT2D eigenvalue weighted by Crippen LogP contribution is -2.52. The Labute approximate surface area is 148 Å². The quantitative estimate of drug-likeness (QED) is 0.871. The van der Waals surface area contributed by atoms with Gasteiger partial charge in [0, 0.05) is 24.5 Å². The first-order valence-corrected chi connectivity index (χ1v) is 8.87. The van der Waals surface area contributed by atoms with Gasteiger partial charge in [-0.05, 0) is 58.1 Å². The topological polar surface area (TPSA) is 66.5 Å². The van der Waals surface area contributed by atoms with E-state index in [1.54, 1.807) is 12.5 Å². The summed E-state index contributed by atoms with van der Waals surface area (Å²) in [6, 6.07) is 5.86. The van der Waals surface area contributed by atoms with E-state index in [1.807, 2.05) is 40.9 Å². The molecule has 1 fully saturated rings. The average molecular weight is 345 g/mol. The lowest BCUT2D eigenvalue weighted by Gasteiger charge is -2.37. The van der Waals surface area contributed by atoms with E-state index >= 15 is 0 Å². The number of furan rings is 1. The predicted octanol–water partition coefficient (Wildman–Crippen LogP) is 2.17.